The van der Waals surface area contributed by atoms with Crippen molar-refractivity contribution in [3.8, 4) is 0 Å². The third kappa shape index (κ3) is 4.84. The lowest BCUT2D eigenvalue weighted by Crippen LogP contribution is -2.46. The molecule has 0 saturated carbocycles. The van der Waals surface area contributed by atoms with Crippen molar-refractivity contribution in [3.63, 3.8) is 0 Å². The molecule has 21 heavy (non-hydrogen) atoms. The molecule has 1 aromatic heterocycles. The summed E-state index contributed by atoms with van der Waals surface area (Å²) in [5.74, 6) is 2.53. The first-order chi connectivity index (χ1) is 10.1. The van der Waals surface area contributed by atoms with E-state index in [1.165, 1.54) is 0 Å². The lowest BCUT2D eigenvalue weighted by molar-refractivity contribution is 0.270. The normalized spacial score (nSPS) is 16.5. The molecule has 0 unspecified atom stereocenters. The second-order valence-electron chi connectivity index (χ2n) is 6.22. The number of aromatic nitrogens is 2. The Kier molecular flexibility index (Phi) is 5.79. The third-order valence-corrected chi connectivity index (χ3v) is 3.99. The zero-order valence-corrected chi connectivity index (χ0v) is 13.9. The van der Waals surface area contributed by atoms with E-state index in [-0.39, 0.29) is 0 Å². The van der Waals surface area contributed by atoms with E-state index in [4.69, 9.17) is 4.98 Å². The molecule has 1 aliphatic heterocycles. The monoisotopic (exact) mass is 291 g/mol. The van der Waals surface area contributed by atoms with E-state index in [1.54, 1.807) is 0 Å². The highest BCUT2D eigenvalue weighted by Gasteiger charge is 2.17. The smallest absolute Gasteiger partial charge is 0.224 e. The Morgan fingerprint density at radius 3 is 2.52 bits per heavy atom. The van der Waals surface area contributed by atoms with Crippen LogP contribution in [0.2, 0.25) is 0 Å². The number of likely N-dealkylation sites (N-methyl/N-ethyl adjacent to an activating group) is 1. The van der Waals surface area contributed by atoms with Crippen LogP contribution in [0.15, 0.2) is 6.07 Å². The van der Waals surface area contributed by atoms with Crippen LogP contribution in [0, 0.1) is 12.8 Å². The molecule has 0 amide bonds. The van der Waals surface area contributed by atoms with Crippen molar-refractivity contribution in [2.45, 2.75) is 34.1 Å². The van der Waals surface area contributed by atoms with E-state index in [1.807, 2.05) is 6.92 Å². The van der Waals surface area contributed by atoms with Crippen LogP contribution in [-0.2, 0) is 0 Å². The Morgan fingerprint density at radius 2 is 1.90 bits per heavy atom. The fourth-order valence-electron chi connectivity index (χ4n) is 2.56. The molecule has 0 aromatic carbocycles. The van der Waals surface area contributed by atoms with Gasteiger partial charge in [-0.25, -0.2) is 4.98 Å². The van der Waals surface area contributed by atoms with Crippen LogP contribution in [-0.4, -0.2) is 54.1 Å². The minimum absolute atomic E-state index is 0.698. The van der Waals surface area contributed by atoms with Crippen molar-refractivity contribution < 1.29 is 0 Å². The molecule has 1 aliphatic rings. The molecule has 118 valence electrons. The minimum atomic E-state index is 0.698. The summed E-state index contributed by atoms with van der Waals surface area (Å²) in [6.07, 6.45) is 1.14. The van der Waals surface area contributed by atoms with Gasteiger partial charge >= 0.3 is 0 Å². The third-order valence-electron chi connectivity index (χ3n) is 3.99. The van der Waals surface area contributed by atoms with Crippen LogP contribution in [0.5, 0.6) is 0 Å². The van der Waals surface area contributed by atoms with Gasteiger partial charge in [0, 0.05) is 44.5 Å². The molecule has 0 aliphatic carbocycles. The number of hydrogen-bond acceptors (Lipinski definition) is 5. The SMILES string of the molecule is CCN1CCN(c2cc(C)nc(NCCC(C)C)n2)CC1. The molecule has 0 bridgehead atoms. The second kappa shape index (κ2) is 7.59. The summed E-state index contributed by atoms with van der Waals surface area (Å²) in [6.45, 7) is 15.1. The standard InChI is InChI=1S/C16H29N5/c1-5-20-8-10-21(11-9-20)15-12-14(4)18-16(19-15)17-7-6-13(2)3/h12-13H,5-11H2,1-4H3,(H,17,18,19). The topological polar surface area (TPSA) is 44.3 Å². The molecule has 1 saturated heterocycles. The number of nitrogens with one attached hydrogen (secondary N) is 1. The van der Waals surface area contributed by atoms with Crippen molar-refractivity contribution in [3.05, 3.63) is 11.8 Å². The molecule has 1 N–H and O–H groups in total. The van der Waals surface area contributed by atoms with Gasteiger partial charge in [-0.2, -0.15) is 4.98 Å². The van der Waals surface area contributed by atoms with Crippen LogP contribution in [0.4, 0.5) is 11.8 Å². The van der Waals surface area contributed by atoms with E-state index in [9.17, 15) is 0 Å². The lowest BCUT2D eigenvalue weighted by Gasteiger charge is -2.34. The molecule has 2 heterocycles. The van der Waals surface area contributed by atoms with Gasteiger partial charge in [0.05, 0.1) is 0 Å². The van der Waals surface area contributed by atoms with Crippen LogP contribution >= 0.6 is 0 Å². The summed E-state index contributed by atoms with van der Waals surface area (Å²) < 4.78 is 0. The summed E-state index contributed by atoms with van der Waals surface area (Å²) in [5, 5.41) is 3.36. The van der Waals surface area contributed by atoms with Gasteiger partial charge in [-0.3, -0.25) is 0 Å². The van der Waals surface area contributed by atoms with E-state index in [0.717, 1.165) is 63.1 Å². The Morgan fingerprint density at radius 1 is 1.19 bits per heavy atom. The van der Waals surface area contributed by atoms with E-state index in [2.05, 4.69) is 46.9 Å². The predicted molar refractivity (Wildman–Crippen MR) is 89.0 cm³/mol. The first-order valence-electron chi connectivity index (χ1n) is 8.15. The van der Waals surface area contributed by atoms with E-state index in [0.29, 0.717) is 5.92 Å². The molecule has 1 fully saturated rings. The molecule has 5 nitrogen and oxygen atoms in total. The van der Waals surface area contributed by atoms with Crippen LogP contribution in [0.25, 0.3) is 0 Å². The Balaban J connectivity index is 1.98. The highest BCUT2D eigenvalue weighted by molar-refractivity contribution is 5.45. The lowest BCUT2D eigenvalue weighted by atomic mass is 10.1. The largest absolute Gasteiger partial charge is 0.354 e. The summed E-state index contributed by atoms with van der Waals surface area (Å²) in [6, 6.07) is 2.09. The maximum Gasteiger partial charge on any atom is 0.224 e. The summed E-state index contributed by atoms with van der Waals surface area (Å²) in [5.41, 5.74) is 1.03. The van der Waals surface area contributed by atoms with Gasteiger partial charge in [-0.1, -0.05) is 20.8 Å². The maximum absolute atomic E-state index is 4.69. The predicted octanol–water partition coefficient (Wildman–Crippen LogP) is 2.38. The van der Waals surface area contributed by atoms with E-state index >= 15 is 0 Å². The highest BCUT2D eigenvalue weighted by Crippen LogP contribution is 2.17. The first kappa shape index (κ1) is 16.0. The van der Waals surface area contributed by atoms with Gasteiger partial charge in [-0.05, 0) is 25.8 Å². The van der Waals surface area contributed by atoms with Gasteiger partial charge in [0.25, 0.3) is 0 Å². The Bertz CT molecular complexity index is 438. The van der Waals surface area contributed by atoms with Crippen molar-refractivity contribution in [1.82, 2.24) is 14.9 Å². The molecule has 2 rings (SSSR count). The summed E-state index contributed by atoms with van der Waals surface area (Å²) >= 11 is 0. The van der Waals surface area contributed by atoms with Crippen molar-refractivity contribution in [2.24, 2.45) is 5.92 Å². The molecule has 0 atom stereocenters. The minimum Gasteiger partial charge on any atom is -0.354 e. The van der Waals surface area contributed by atoms with Gasteiger partial charge < -0.3 is 15.1 Å². The quantitative estimate of drug-likeness (QED) is 0.872. The molecular formula is C16H29N5. The molecule has 0 spiro atoms. The number of piperazine rings is 1. The van der Waals surface area contributed by atoms with Crippen LogP contribution in [0.1, 0.15) is 32.9 Å². The number of anilines is 2. The summed E-state index contributed by atoms with van der Waals surface area (Å²) in [4.78, 5) is 14.0. The maximum atomic E-state index is 4.69. The average molecular weight is 291 g/mol. The first-order valence-corrected chi connectivity index (χ1v) is 8.15. The highest BCUT2D eigenvalue weighted by atomic mass is 15.3. The molecule has 1 aromatic rings. The van der Waals surface area contributed by atoms with Crippen LogP contribution < -0.4 is 10.2 Å². The second-order valence-corrected chi connectivity index (χ2v) is 6.22. The van der Waals surface area contributed by atoms with Gasteiger partial charge in [-0.15, -0.1) is 0 Å². The molecule has 0 radical (unpaired) electrons. The average Bonchev–Trinajstić information content (AvgIpc) is 2.46. The van der Waals surface area contributed by atoms with Gasteiger partial charge in [0.15, 0.2) is 0 Å². The van der Waals surface area contributed by atoms with Crippen LogP contribution in [0.3, 0.4) is 0 Å². The zero-order valence-electron chi connectivity index (χ0n) is 13.9. The van der Waals surface area contributed by atoms with Gasteiger partial charge in [0.1, 0.15) is 5.82 Å². The van der Waals surface area contributed by atoms with E-state index < -0.39 is 0 Å². The number of rotatable bonds is 6. The number of nitrogens with zero attached hydrogens (tertiary/aromatic N) is 4. The molecular weight excluding hydrogens is 262 g/mol. The van der Waals surface area contributed by atoms with Crippen molar-refractivity contribution in [1.29, 1.82) is 0 Å². The van der Waals surface area contributed by atoms with Crippen molar-refractivity contribution >= 4 is 11.8 Å². The molecule has 5 heteroatoms. The zero-order chi connectivity index (χ0) is 15.2. The van der Waals surface area contributed by atoms with Crippen molar-refractivity contribution in [2.75, 3.05) is 49.5 Å². The fraction of sp³-hybridized carbons (Fsp3) is 0.750. The van der Waals surface area contributed by atoms with Gasteiger partial charge in [0.2, 0.25) is 5.95 Å². The number of hydrogen-bond donors (Lipinski definition) is 1. The summed E-state index contributed by atoms with van der Waals surface area (Å²) in [7, 11) is 0. The Labute approximate surface area is 128 Å². The fourth-order valence-corrected chi connectivity index (χ4v) is 2.56. The number of aryl methyl sites for hydroxylation is 1. The Hall–Kier alpha value is -1.36.